The van der Waals surface area contributed by atoms with Crippen molar-refractivity contribution in [2.45, 2.75) is 39.3 Å². The van der Waals surface area contributed by atoms with Crippen molar-refractivity contribution >= 4 is 11.6 Å². The number of carbonyl (C=O) groups is 1. The highest BCUT2D eigenvalue weighted by atomic mass is 16.5. The topological polar surface area (TPSA) is 50.4 Å². The Morgan fingerprint density at radius 3 is 3.11 bits per heavy atom. The third kappa shape index (κ3) is 3.23. The lowest BCUT2D eigenvalue weighted by Gasteiger charge is -2.19. The molecule has 0 radical (unpaired) electrons. The number of amides is 1. The standard InChI is InChI=1S/C14H20N2O2/c1-3-4-10(2)15-8-11-5-6-13-12(7-11)16-14(17)9-18-13/h5-7,10,15H,3-4,8-9H2,1-2H3,(H,16,17). The monoisotopic (exact) mass is 248 g/mol. The van der Waals surface area contributed by atoms with Crippen LogP contribution in [0.1, 0.15) is 32.3 Å². The third-order valence-corrected chi connectivity index (χ3v) is 3.05. The number of nitrogens with one attached hydrogen (secondary N) is 2. The molecule has 4 heteroatoms. The van der Waals surface area contributed by atoms with Crippen LogP contribution < -0.4 is 15.4 Å². The average molecular weight is 248 g/mol. The van der Waals surface area contributed by atoms with Crippen LogP contribution in [-0.2, 0) is 11.3 Å². The minimum Gasteiger partial charge on any atom is -0.482 e. The molecule has 1 amide bonds. The van der Waals surface area contributed by atoms with Gasteiger partial charge < -0.3 is 15.4 Å². The molecule has 1 aromatic rings. The number of anilines is 1. The molecule has 4 nitrogen and oxygen atoms in total. The van der Waals surface area contributed by atoms with Gasteiger partial charge in [-0.15, -0.1) is 0 Å². The summed E-state index contributed by atoms with van der Waals surface area (Å²) in [5, 5.41) is 6.29. The summed E-state index contributed by atoms with van der Waals surface area (Å²) in [4.78, 5) is 11.2. The molecule has 2 N–H and O–H groups in total. The van der Waals surface area contributed by atoms with Gasteiger partial charge in [-0.25, -0.2) is 0 Å². The Bertz CT molecular complexity index is 432. The minimum atomic E-state index is -0.0908. The van der Waals surface area contributed by atoms with Crippen LogP contribution in [0.3, 0.4) is 0 Å². The molecule has 0 aromatic heterocycles. The average Bonchev–Trinajstić information content (AvgIpc) is 2.36. The van der Waals surface area contributed by atoms with Crippen molar-refractivity contribution in [1.82, 2.24) is 5.32 Å². The summed E-state index contributed by atoms with van der Waals surface area (Å²) in [5.74, 6) is 0.659. The molecule has 0 bridgehead atoms. The van der Waals surface area contributed by atoms with E-state index in [1.54, 1.807) is 0 Å². The van der Waals surface area contributed by atoms with Crippen LogP contribution in [0, 0.1) is 0 Å². The molecule has 1 aromatic carbocycles. The summed E-state index contributed by atoms with van der Waals surface area (Å²) in [7, 11) is 0. The van der Waals surface area contributed by atoms with Gasteiger partial charge in [0.15, 0.2) is 6.61 Å². The summed E-state index contributed by atoms with van der Waals surface area (Å²) in [5.41, 5.74) is 1.93. The molecule has 1 aliphatic heterocycles. The van der Waals surface area contributed by atoms with E-state index in [1.807, 2.05) is 18.2 Å². The first-order valence-electron chi connectivity index (χ1n) is 6.48. The van der Waals surface area contributed by atoms with Crippen molar-refractivity contribution in [1.29, 1.82) is 0 Å². The van der Waals surface area contributed by atoms with E-state index in [9.17, 15) is 4.79 Å². The third-order valence-electron chi connectivity index (χ3n) is 3.05. The van der Waals surface area contributed by atoms with Gasteiger partial charge in [0.25, 0.3) is 5.91 Å². The Labute approximate surface area is 108 Å². The molecular weight excluding hydrogens is 228 g/mol. The van der Waals surface area contributed by atoms with Gasteiger partial charge in [-0.05, 0) is 31.0 Å². The van der Waals surface area contributed by atoms with E-state index in [1.165, 1.54) is 12.8 Å². The van der Waals surface area contributed by atoms with Crippen LogP contribution in [0.2, 0.25) is 0 Å². The van der Waals surface area contributed by atoms with E-state index in [0.717, 1.165) is 23.5 Å². The fourth-order valence-electron chi connectivity index (χ4n) is 2.07. The van der Waals surface area contributed by atoms with Gasteiger partial charge in [-0.3, -0.25) is 4.79 Å². The molecule has 0 saturated carbocycles. The first kappa shape index (κ1) is 12.9. The Morgan fingerprint density at radius 2 is 2.33 bits per heavy atom. The molecule has 98 valence electrons. The Balaban J connectivity index is 1.98. The van der Waals surface area contributed by atoms with Crippen LogP contribution in [-0.4, -0.2) is 18.6 Å². The Kier molecular flexibility index (Phi) is 4.20. The van der Waals surface area contributed by atoms with Crippen LogP contribution in [0.15, 0.2) is 18.2 Å². The van der Waals surface area contributed by atoms with Crippen molar-refractivity contribution in [3.63, 3.8) is 0 Å². The van der Waals surface area contributed by atoms with Gasteiger partial charge in [0, 0.05) is 12.6 Å². The predicted molar refractivity (Wildman–Crippen MR) is 71.8 cm³/mol. The summed E-state index contributed by atoms with van der Waals surface area (Å²) in [6.45, 7) is 5.29. The lowest BCUT2D eigenvalue weighted by Crippen LogP contribution is -2.27. The molecule has 1 heterocycles. The van der Waals surface area contributed by atoms with Crippen LogP contribution in [0.25, 0.3) is 0 Å². The fraction of sp³-hybridized carbons (Fsp3) is 0.500. The number of carbonyl (C=O) groups excluding carboxylic acids is 1. The lowest BCUT2D eigenvalue weighted by molar-refractivity contribution is -0.118. The molecule has 1 aliphatic rings. The lowest BCUT2D eigenvalue weighted by atomic mass is 10.1. The number of rotatable bonds is 5. The maximum Gasteiger partial charge on any atom is 0.262 e. The second-order valence-electron chi connectivity index (χ2n) is 4.74. The molecule has 0 spiro atoms. The van der Waals surface area contributed by atoms with Gasteiger partial charge in [0.1, 0.15) is 5.75 Å². The number of fused-ring (bicyclic) bond motifs is 1. The largest absolute Gasteiger partial charge is 0.482 e. The summed E-state index contributed by atoms with van der Waals surface area (Å²) < 4.78 is 5.32. The van der Waals surface area contributed by atoms with E-state index < -0.39 is 0 Å². The second-order valence-corrected chi connectivity index (χ2v) is 4.74. The number of hydrogen-bond donors (Lipinski definition) is 2. The zero-order chi connectivity index (χ0) is 13.0. The maximum absolute atomic E-state index is 11.2. The number of ether oxygens (including phenoxy) is 1. The highest BCUT2D eigenvalue weighted by Crippen LogP contribution is 2.28. The zero-order valence-corrected chi connectivity index (χ0v) is 11.0. The van der Waals surface area contributed by atoms with Gasteiger partial charge in [-0.2, -0.15) is 0 Å². The summed E-state index contributed by atoms with van der Waals surface area (Å²) in [6, 6.07) is 6.42. The Morgan fingerprint density at radius 1 is 1.50 bits per heavy atom. The van der Waals surface area contributed by atoms with E-state index in [2.05, 4.69) is 24.5 Å². The highest BCUT2D eigenvalue weighted by molar-refractivity contribution is 5.95. The van der Waals surface area contributed by atoms with Gasteiger partial charge in [-0.1, -0.05) is 19.4 Å². The van der Waals surface area contributed by atoms with Gasteiger partial charge in [0.2, 0.25) is 0 Å². The first-order valence-corrected chi connectivity index (χ1v) is 6.48. The maximum atomic E-state index is 11.2. The van der Waals surface area contributed by atoms with Crippen LogP contribution in [0.4, 0.5) is 5.69 Å². The summed E-state index contributed by atoms with van der Waals surface area (Å²) in [6.07, 6.45) is 2.35. The predicted octanol–water partition coefficient (Wildman–Crippen LogP) is 2.30. The SMILES string of the molecule is CCCC(C)NCc1ccc2c(c1)NC(=O)CO2. The molecule has 1 unspecified atom stereocenters. The van der Waals surface area contributed by atoms with Crippen molar-refractivity contribution in [2.75, 3.05) is 11.9 Å². The smallest absolute Gasteiger partial charge is 0.262 e. The summed E-state index contributed by atoms with van der Waals surface area (Å²) >= 11 is 0. The molecule has 1 atom stereocenters. The number of hydrogen-bond acceptors (Lipinski definition) is 3. The highest BCUT2D eigenvalue weighted by Gasteiger charge is 2.15. The quantitative estimate of drug-likeness (QED) is 0.840. The van der Waals surface area contributed by atoms with Crippen molar-refractivity contribution in [3.05, 3.63) is 23.8 Å². The molecular formula is C14H20N2O2. The second kappa shape index (κ2) is 5.87. The fourth-order valence-corrected chi connectivity index (χ4v) is 2.07. The van der Waals surface area contributed by atoms with Crippen molar-refractivity contribution < 1.29 is 9.53 Å². The molecule has 0 saturated heterocycles. The first-order chi connectivity index (χ1) is 8.69. The zero-order valence-electron chi connectivity index (χ0n) is 11.0. The number of benzene rings is 1. The van der Waals surface area contributed by atoms with Crippen LogP contribution in [0.5, 0.6) is 5.75 Å². The van der Waals surface area contributed by atoms with E-state index in [4.69, 9.17) is 4.74 Å². The molecule has 18 heavy (non-hydrogen) atoms. The van der Waals surface area contributed by atoms with Gasteiger partial charge in [0.05, 0.1) is 5.69 Å². The van der Waals surface area contributed by atoms with Crippen molar-refractivity contribution in [2.24, 2.45) is 0 Å². The van der Waals surface area contributed by atoms with Crippen LogP contribution >= 0.6 is 0 Å². The van der Waals surface area contributed by atoms with E-state index in [0.29, 0.717) is 6.04 Å². The minimum absolute atomic E-state index is 0.0908. The molecule has 0 fully saturated rings. The molecule has 0 aliphatic carbocycles. The van der Waals surface area contributed by atoms with Crippen molar-refractivity contribution in [3.8, 4) is 5.75 Å². The Hall–Kier alpha value is -1.55. The normalized spacial score (nSPS) is 15.6. The van der Waals surface area contributed by atoms with Gasteiger partial charge >= 0.3 is 0 Å². The van der Waals surface area contributed by atoms with E-state index in [-0.39, 0.29) is 12.5 Å². The van der Waals surface area contributed by atoms with E-state index >= 15 is 0 Å². The molecule has 2 rings (SSSR count).